The molecule has 0 aromatic rings. The van der Waals surface area contributed by atoms with E-state index >= 15 is 0 Å². The van der Waals surface area contributed by atoms with Crippen LogP contribution < -0.4 is 0 Å². The maximum atomic E-state index is 5.88. The SMILES string of the molecule is CCCC(C)C1CC1Cl. The first-order valence-electron chi connectivity index (χ1n) is 3.89. The molecule has 1 heteroatoms. The first kappa shape index (κ1) is 7.40. The Morgan fingerprint density at radius 1 is 1.67 bits per heavy atom. The molecule has 0 saturated heterocycles. The molecule has 1 aliphatic rings. The molecule has 0 nitrogen and oxygen atoms in total. The second-order valence-corrected chi connectivity index (χ2v) is 3.74. The number of halogens is 1. The second kappa shape index (κ2) is 2.92. The van der Waals surface area contributed by atoms with Gasteiger partial charge in [-0.1, -0.05) is 26.7 Å². The van der Waals surface area contributed by atoms with E-state index in [-0.39, 0.29) is 0 Å². The molecule has 3 atom stereocenters. The van der Waals surface area contributed by atoms with Gasteiger partial charge < -0.3 is 0 Å². The molecular weight excluding hydrogens is 132 g/mol. The maximum absolute atomic E-state index is 5.88. The summed E-state index contributed by atoms with van der Waals surface area (Å²) < 4.78 is 0. The topological polar surface area (TPSA) is 0 Å². The van der Waals surface area contributed by atoms with Crippen LogP contribution in [0.15, 0.2) is 0 Å². The molecule has 0 amide bonds. The maximum Gasteiger partial charge on any atom is 0.0370 e. The Morgan fingerprint density at radius 3 is 2.56 bits per heavy atom. The standard InChI is InChI=1S/C8H15Cl/c1-3-4-6(2)7-5-8(7)9/h6-8H,3-5H2,1-2H3. The minimum Gasteiger partial charge on any atom is -0.123 e. The van der Waals surface area contributed by atoms with E-state index in [1.807, 2.05) is 0 Å². The van der Waals surface area contributed by atoms with Crippen LogP contribution in [0.3, 0.4) is 0 Å². The quantitative estimate of drug-likeness (QED) is 0.537. The van der Waals surface area contributed by atoms with E-state index in [0.717, 1.165) is 11.8 Å². The fraction of sp³-hybridized carbons (Fsp3) is 1.00. The summed E-state index contributed by atoms with van der Waals surface area (Å²) in [6.07, 6.45) is 3.93. The molecule has 0 bridgehead atoms. The van der Waals surface area contributed by atoms with Gasteiger partial charge in [0.05, 0.1) is 0 Å². The lowest BCUT2D eigenvalue weighted by Crippen LogP contribution is -1.97. The van der Waals surface area contributed by atoms with E-state index in [1.54, 1.807) is 0 Å². The van der Waals surface area contributed by atoms with Gasteiger partial charge in [-0.25, -0.2) is 0 Å². The van der Waals surface area contributed by atoms with E-state index in [2.05, 4.69) is 13.8 Å². The molecular formula is C8H15Cl. The van der Waals surface area contributed by atoms with Crippen LogP contribution in [0.25, 0.3) is 0 Å². The van der Waals surface area contributed by atoms with Crippen molar-refractivity contribution in [2.75, 3.05) is 0 Å². The van der Waals surface area contributed by atoms with Gasteiger partial charge in [-0.15, -0.1) is 11.6 Å². The molecule has 9 heavy (non-hydrogen) atoms. The molecule has 54 valence electrons. The highest BCUT2D eigenvalue weighted by molar-refractivity contribution is 6.22. The normalized spacial score (nSPS) is 36.3. The van der Waals surface area contributed by atoms with Crippen molar-refractivity contribution in [1.82, 2.24) is 0 Å². The average Bonchev–Trinajstić information content (AvgIpc) is 2.47. The molecule has 0 N–H and O–H groups in total. The van der Waals surface area contributed by atoms with Crippen molar-refractivity contribution in [3.63, 3.8) is 0 Å². The van der Waals surface area contributed by atoms with Crippen LogP contribution in [0.2, 0.25) is 0 Å². The van der Waals surface area contributed by atoms with Gasteiger partial charge in [0.2, 0.25) is 0 Å². The van der Waals surface area contributed by atoms with E-state index in [9.17, 15) is 0 Å². The molecule has 0 aliphatic heterocycles. The molecule has 1 rings (SSSR count). The zero-order valence-corrected chi connectivity index (χ0v) is 6.99. The van der Waals surface area contributed by atoms with Gasteiger partial charge in [0.1, 0.15) is 0 Å². The minimum atomic E-state index is 0.520. The lowest BCUT2D eigenvalue weighted by Gasteiger charge is -2.05. The fourth-order valence-corrected chi connectivity index (χ4v) is 1.89. The van der Waals surface area contributed by atoms with E-state index < -0.39 is 0 Å². The van der Waals surface area contributed by atoms with Crippen LogP contribution in [0.5, 0.6) is 0 Å². The van der Waals surface area contributed by atoms with Gasteiger partial charge in [-0.05, 0) is 18.3 Å². The van der Waals surface area contributed by atoms with Crippen LogP contribution in [-0.4, -0.2) is 5.38 Å². The van der Waals surface area contributed by atoms with Crippen molar-refractivity contribution in [3.8, 4) is 0 Å². The van der Waals surface area contributed by atoms with Gasteiger partial charge >= 0.3 is 0 Å². The van der Waals surface area contributed by atoms with Gasteiger partial charge in [0, 0.05) is 5.38 Å². The van der Waals surface area contributed by atoms with Gasteiger partial charge in [0.15, 0.2) is 0 Å². The Balaban J connectivity index is 2.11. The average molecular weight is 147 g/mol. The molecule has 0 heterocycles. The van der Waals surface area contributed by atoms with Crippen LogP contribution >= 0.6 is 11.6 Å². The van der Waals surface area contributed by atoms with Crippen molar-refractivity contribution in [2.45, 2.75) is 38.5 Å². The number of hydrogen-bond donors (Lipinski definition) is 0. The fourth-order valence-electron chi connectivity index (χ4n) is 1.44. The largest absolute Gasteiger partial charge is 0.123 e. The van der Waals surface area contributed by atoms with Gasteiger partial charge in [-0.3, -0.25) is 0 Å². The van der Waals surface area contributed by atoms with E-state index in [1.165, 1.54) is 19.3 Å². The molecule has 0 spiro atoms. The van der Waals surface area contributed by atoms with Crippen molar-refractivity contribution in [3.05, 3.63) is 0 Å². The summed E-state index contributed by atoms with van der Waals surface area (Å²) in [6.45, 7) is 4.55. The summed E-state index contributed by atoms with van der Waals surface area (Å²) in [7, 11) is 0. The smallest absolute Gasteiger partial charge is 0.0370 e. The summed E-state index contributed by atoms with van der Waals surface area (Å²) in [5.41, 5.74) is 0. The van der Waals surface area contributed by atoms with Crippen LogP contribution in [0.1, 0.15) is 33.1 Å². The van der Waals surface area contributed by atoms with Crippen LogP contribution in [0, 0.1) is 11.8 Å². The van der Waals surface area contributed by atoms with Gasteiger partial charge in [-0.2, -0.15) is 0 Å². The van der Waals surface area contributed by atoms with Crippen molar-refractivity contribution in [2.24, 2.45) is 11.8 Å². The lowest BCUT2D eigenvalue weighted by atomic mass is 10.0. The van der Waals surface area contributed by atoms with Crippen molar-refractivity contribution < 1.29 is 0 Å². The minimum absolute atomic E-state index is 0.520. The molecule has 3 unspecified atom stereocenters. The Hall–Kier alpha value is 0.290. The van der Waals surface area contributed by atoms with E-state index in [4.69, 9.17) is 11.6 Å². The third-order valence-corrected chi connectivity index (χ3v) is 2.74. The molecule has 0 radical (unpaired) electrons. The third kappa shape index (κ3) is 1.86. The summed E-state index contributed by atoms with van der Waals surface area (Å²) in [5, 5.41) is 0.520. The molecule has 0 aromatic heterocycles. The van der Waals surface area contributed by atoms with Crippen molar-refractivity contribution >= 4 is 11.6 Å². The summed E-state index contributed by atoms with van der Waals surface area (Å²) in [5.74, 6) is 1.73. The first-order valence-corrected chi connectivity index (χ1v) is 4.33. The monoisotopic (exact) mass is 146 g/mol. The number of hydrogen-bond acceptors (Lipinski definition) is 0. The van der Waals surface area contributed by atoms with E-state index in [0.29, 0.717) is 5.38 Å². The highest BCUT2D eigenvalue weighted by Crippen LogP contribution is 2.43. The van der Waals surface area contributed by atoms with Crippen LogP contribution in [-0.2, 0) is 0 Å². The lowest BCUT2D eigenvalue weighted by molar-refractivity contribution is 0.465. The zero-order chi connectivity index (χ0) is 6.85. The zero-order valence-electron chi connectivity index (χ0n) is 6.23. The highest BCUT2D eigenvalue weighted by Gasteiger charge is 2.38. The number of rotatable bonds is 3. The Kier molecular flexibility index (Phi) is 2.40. The predicted molar refractivity (Wildman–Crippen MR) is 41.8 cm³/mol. The summed E-state index contributed by atoms with van der Waals surface area (Å²) in [6, 6.07) is 0. The molecule has 1 aliphatic carbocycles. The van der Waals surface area contributed by atoms with Crippen LogP contribution in [0.4, 0.5) is 0 Å². The van der Waals surface area contributed by atoms with Crippen molar-refractivity contribution in [1.29, 1.82) is 0 Å². The van der Waals surface area contributed by atoms with Gasteiger partial charge in [0.25, 0.3) is 0 Å². The highest BCUT2D eigenvalue weighted by atomic mass is 35.5. The molecule has 1 saturated carbocycles. The Morgan fingerprint density at radius 2 is 2.22 bits per heavy atom. The first-order chi connectivity index (χ1) is 4.25. The third-order valence-electron chi connectivity index (χ3n) is 2.23. The predicted octanol–water partition coefficient (Wildman–Crippen LogP) is 3.05. The molecule has 1 fully saturated rings. The Bertz CT molecular complexity index is 90.6. The summed E-state index contributed by atoms with van der Waals surface area (Å²) >= 11 is 5.88. The Labute approximate surface area is 62.6 Å². The summed E-state index contributed by atoms with van der Waals surface area (Å²) in [4.78, 5) is 0. The molecule has 0 aromatic carbocycles. The number of alkyl halides is 1. The second-order valence-electron chi connectivity index (χ2n) is 3.18.